The van der Waals surface area contributed by atoms with Gasteiger partial charge in [0.15, 0.2) is 5.78 Å². The number of hydrogen-bond acceptors (Lipinski definition) is 5. The van der Waals surface area contributed by atoms with Crippen LogP contribution < -0.4 is 0 Å². The van der Waals surface area contributed by atoms with E-state index in [1.54, 1.807) is 29.1 Å². The molecule has 0 spiro atoms. The lowest BCUT2D eigenvalue weighted by Crippen LogP contribution is -1.95. The molecule has 0 saturated carbocycles. The van der Waals surface area contributed by atoms with Crippen LogP contribution >= 0.6 is 34.5 Å². The number of hydrogen-bond donors (Lipinski definition) is 1. The van der Waals surface area contributed by atoms with Crippen molar-refractivity contribution < 1.29 is 14.3 Å². The number of phenolic OH excluding ortho intramolecular Hbond substituents is 1. The summed E-state index contributed by atoms with van der Waals surface area (Å²) in [6.07, 6.45) is 4.67. The molecule has 5 nitrogen and oxygen atoms in total. The van der Waals surface area contributed by atoms with Gasteiger partial charge in [0.25, 0.3) is 0 Å². The smallest absolute Gasteiger partial charge is 0.189 e. The summed E-state index contributed by atoms with van der Waals surface area (Å²) in [5.41, 5.74) is 2.77. The van der Waals surface area contributed by atoms with Gasteiger partial charge in [-0.3, -0.25) is 4.79 Å². The minimum Gasteiger partial charge on any atom is -0.506 e. The molecular formula is C23H16Cl2FN3O2S. The Bertz CT molecular complexity index is 1360. The van der Waals surface area contributed by atoms with Crippen LogP contribution in [-0.2, 0) is 0 Å². The average Bonchev–Trinajstić information content (AvgIpc) is 3.31. The number of phenols is 1. The Balaban J connectivity index is 1.78. The van der Waals surface area contributed by atoms with Crippen LogP contribution in [0.4, 0.5) is 4.39 Å². The summed E-state index contributed by atoms with van der Waals surface area (Å²) in [5.74, 6) is -1.15. The molecule has 2 aromatic heterocycles. The molecule has 4 aromatic rings. The van der Waals surface area contributed by atoms with Crippen molar-refractivity contribution in [1.82, 2.24) is 14.8 Å². The molecule has 0 aliphatic heterocycles. The highest BCUT2D eigenvalue weighted by Crippen LogP contribution is 2.34. The van der Waals surface area contributed by atoms with Gasteiger partial charge in [-0.2, -0.15) is 5.10 Å². The molecule has 0 atom stereocenters. The number of carbonyl (C=O) groups excluding carboxylic acids is 1. The van der Waals surface area contributed by atoms with Gasteiger partial charge in [0.1, 0.15) is 17.3 Å². The molecular weight excluding hydrogens is 472 g/mol. The maximum atomic E-state index is 13.3. The van der Waals surface area contributed by atoms with E-state index >= 15 is 0 Å². The third-order valence-electron chi connectivity index (χ3n) is 4.66. The van der Waals surface area contributed by atoms with Crippen LogP contribution in [0, 0.1) is 19.7 Å². The molecule has 0 unspecified atom stereocenters. The van der Waals surface area contributed by atoms with E-state index in [2.05, 4.69) is 10.1 Å². The molecule has 9 heteroatoms. The SMILES string of the molecule is Cc1nc(C)c(-c2nn(-c3ccc(F)cc3)cc2/C=C/C(=O)c2cc(Cl)cc(Cl)c2O)s1. The molecule has 4 rings (SSSR count). The van der Waals surface area contributed by atoms with E-state index in [1.807, 2.05) is 13.8 Å². The van der Waals surface area contributed by atoms with Crippen molar-refractivity contribution in [2.45, 2.75) is 13.8 Å². The molecule has 0 aliphatic rings. The molecule has 2 aromatic carbocycles. The van der Waals surface area contributed by atoms with Crippen LogP contribution in [0.15, 0.2) is 48.7 Å². The van der Waals surface area contributed by atoms with Gasteiger partial charge < -0.3 is 5.11 Å². The summed E-state index contributed by atoms with van der Waals surface area (Å²) >= 11 is 13.4. The summed E-state index contributed by atoms with van der Waals surface area (Å²) in [6.45, 7) is 3.79. The van der Waals surface area contributed by atoms with Crippen LogP contribution in [0.3, 0.4) is 0 Å². The van der Waals surface area contributed by atoms with Gasteiger partial charge in [0, 0.05) is 16.8 Å². The zero-order chi connectivity index (χ0) is 23.0. The number of aromatic hydroxyl groups is 1. The predicted octanol–water partition coefficient (Wildman–Crippen LogP) is 6.66. The van der Waals surface area contributed by atoms with Crippen molar-refractivity contribution in [1.29, 1.82) is 0 Å². The van der Waals surface area contributed by atoms with Gasteiger partial charge in [-0.05, 0) is 62.4 Å². The second kappa shape index (κ2) is 8.86. The Morgan fingerprint density at radius 2 is 1.91 bits per heavy atom. The molecule has 0 aliphatic carbocycles. The first kappa shape index (κ1) is 22.2. The molecule has 32 heavy (non-hydrogen) atoms. The zero-order valence-corrected chi connectivity index (χ0v) is 19.3. The molecule has 0 amide bonds. The minimum absolute atomic E-state index is 0.00367. The van der Waals surface area contributed by atoms with Gasteiger partial charge in [-0.25, -0.2) is 14.1 Å². The quantitative estimate of drug-likeness (QED) is 0.252. The summed E-state index contributed by atoms with van der Waals surface area (Å²) < 4.78 is 15.0. The fourth-order valence-corrected chi connectivity index (χ4v) is 4.59. The minimum atomic E-state index is -0.468. The number of allylic oxidation sites excluding steroid dienone is 1. The number of aromatic nitrogens is 3. The van der Waals surface area contributed by atoms with E-state index in [4.69, 9.17) is 23.2 Å². The standard InChI is InChI=1S/C23H16Cl2FN3O2S/c1-12-23(32-13(2)27-12)21-14(11-29(28-21)17-6-4-16(26)5-7-17)3-8-20(30)18-9-15(24)10-19(25)22(18)31/h3-11,31H,1-2H3/b8-3+. The van der Waals surface area contributed by atoms with Crippen molar-refractivity contribution in [3.63, 3.8) is 0 Å². The van der Waals surface area contributed by atoms with Gasteiger partial charge in [0.05, 0.1) is 31.9 Å². The average molecular weight is 488 g/mol. The lowest BCUT2D eigenvalue weighted by Gasteiger charge is -2.03. The number of aryl methyl sites for hydroxylation is 2. The molecule has 2 heterocycles. The van der Waals surface area contributed by atoms with Crippen LogP contribution in [0.5, 0.6) is 5.75 Å². The second-order valence-corrected chi connectivity index (χ2v) is 9.03. The number of ketones is 1. The fraction of sp³-hybridized carbons (Fsp3) is 0.0870. The normalized spacial score (nSPS) is 11.4. The van der Waals surface area contributed by atoms with Gasteiger partial charge in [0.2, 0.25) is 0 Å². The summed E-state index contributed by atoms with van der Waals surface area (Å²) in [5, 5.41) is 15.9. The van der Waals surface area contributed by atoms with Crippen LogP contribution in [-0.4, -0.2) is 25.7 Å². The van der Waals surface area contributed by atoms with Gasteiger partial charge >= 0.3 is 0 Å². The number of thiazole rings is 1. The number of rotatable bonds is 5. The molecule has 0 saturated heterocycles. The lowest BCUT2D eigenvalue weighted by molar-refractivity contribution is 0.104. The van der Waals surface area contributed by atoms with Crippen LogP contribution in [0.1, 0.15) is 26.6 Å². The Morgan fingerprint density at radius 3 is 2.56 bits per heavy atom. The first-order valence-corrected chi connectivity index (χ1v) is 11.0. The van der Waals surface area contributed by atoms with Crippen molar-refractivity contribution >= 4 is 46.4 Å². The van der Waals surface area contributed by atoms with Crippen molar-refractivity contribution in [3.05, 3.63) is 86.4 Å². The van der Waals surface area contributed by atoms with Gasteiger partial charge in [-0.1, -0.05) is 23.2 Å². The third kappa shape index (κ3) is 4.46. The highest BCUT2D eigenvalue weighted by Gasteiger charge is 2.18. The molecule has 0 radical (unpaired) electrons. The van der Waals surface area contributed by atoms with E-state index in [0.29, 0.717) is 16.9 Å². The van der Waals surface area contributed by atoms with Crippen LogP contribution in [0.25, 0.3) is 22.3 Å². The Hall–Kier alpha value is -3.00. The van der Waals surface area contributed by atoms with Crippen LogP contribution in [0.2, 0.25) is 10.0 Å². The highest BCUT2D eigenvalue weighted by atomic mass is 35.5. The third-order valence-corrected chi connectivity index (χ3v) is 6.25. The topological polar surface area (TPSA) is 68.0 Å². The first-order valence-electron chi connectivity index (χ1n) is 9.43. The monoisotopic (exact) mass is 487 g/mol. The molecule has 1 N–H and O–H groups in total. The van der Waals surface area contributed by atoms with E-state index in [9.17, 15) is 14.3 Å². The van der Waals surface area contributed by atoms with E-state index < -0.39 is 5.78 Å². The zero-order valence-electron chi connectivity index (χ0n) is 16.9. The van der Waals surface area contributed by atoms with E-state index in [1.165, 1.54) is 41.7 Å². The largest absolute Gasteiger partial charge is 0.506 e. The maximum Gasteiger partial charge on any atom is 0.189 e. The second-order valence-electron chi connectivity index (χ2n) is 6.98. The summed E-state index contributed by atoms with van der Waals surface area (Å²) in [6, 6.07) is 8.64. The summed E-state index contributed by atoms with van der Waals surface area (Å²) in [7, 11) is 0. The molecule has 0 bridgehead atoms. The predicted molar refractivity (Wildman–Crippen MR) is 126 cm³/mol. The molecule has 0 fully saturated rings. The van der Waals surface area contributed by atoms with Crippen molar-refractivity contribution in [2.24, 2.45) is 0 Å². The Kier molecular flexibility index (Phi) is 6.15. The van der Waals surface area contributed by atoms with E-state index in [-0.39, 0.29) is 27.2 Å². The highest BCUT2D eigenvalue weighted by molar-refractivity contribution is 7.15. The number of halogens is 3. The van der Waals surface area contributed by atoms with Gasteiger partial charge in [-0.15, -0.1) is 11.3 Å². The molecule has 162 valence electrons. The van der Waals surface area contributed by atoms with Crippen molar-refractivity contribution in [2.75, 3.05) is 0 Å². The fourth-order valence-electron chi connectivity index (χ4n) is 3.17. The first-order chi connectivity index (χ1) is 15.2. The summed E-state index contributed by atoms with van der Waals surface area (Å²) in [4.78, 5) is 18.1. The van der Waals surface area contributed by atoms with Crippen molar-refractivity contribution in [3.8, 4) is 22.0 Å². The lowest BCUT2D eigenvalue weighted by atomic mass is 10.1. The number of benzene rings is 2. The number of nitrogens with zero attached hydrogens (tertiary/aromatic N) is 3. The van der Waals surface area contributed by atoms with E-state index in [0.717, 1.165) is 15.6 Å². The number of carbonyl (C=O) groups is 1. The maximum absolute atomic E-state index is 13.3. The Morgan fingerprint density at radius 1 is 1.19 bits per heavy atom. The Labute approximate surface area is 197 Å².